The molecule has 1 heterocycles. The summed E-state index contributed by atoms with van der Waals surface area (Å²) in [7, 11) is 0. The van der Waals surface area contributed by atoms with Crippen LogP contribution in [0.2, 0.25) is 0 Å². The Balaban J connectivity index is 0.00000208. The van der Waals surface area contributed by atoms with Gasteiger partial charge in [0.1, 0.15) is 5.82 Å². The second-order valence-electron chi connectivity index (χ2n) is 6.51. The van der Waals surface area contributed by atoms with Gasteiger partial charge in [-0.1, -0.05) is 42.5 Å². The predicted octanol–water partition coefficient (Wildman–Crippen LogP) is 4.58. The smallest absolute Gasteiger partial charge is 0.123 e. The molecule has 0 aromatic heterocycles. The maximum absolute atomic E-state index is 12.9. The maximum Gasteiger partial charge on any atom is 0.123 e. The summed E-state index contributed by atoms with van der Waals surface area (Å²) < 4.78 is 12.9. The van der Waals surface area contributed by atoms with Gasteiger partial charge < -0.3 is 5.11 Å². The van der Waals surface area contributed by atoms with Gasteiger partial charge >= 0.3 is 0 Å². The van der Waals surface area contributed by atoms with Crippen LogP contribution in [0.25, 0.3) is 0 Å². The minimum atomic E-state index is -0.485. The summed E-state index contributed by atoms with van der Waals surface area (Å²) in [5.74, 6) is 0.289. The van der Waals surface area contributed by atoms with Gasteiger partial charge in [0, 0.05) is 6.54 Å². The molecule has 0 amide bonds. The highest BCUT2D eigenvalue weighted by Gasteiger charge is 2.22. The Labute approximate surface area is 149 Å². The summed E-state index contributed by atoms with van der Waals surface area (Å²) in [5.41, 5.74) is 2.18. The van der Waals surface area contributed by atoms with E-state index in [2.05, 4.69) is 29.2 Å². The summed E-state index contributed by atoms with van der Waals surface area (Å²) in [5, 5.41) is 10.3. The standard InChI is InChI=1S/C20H24FNO.ClH/c21-19-8-6-18(7-9-19)20(23)14-16-10-12-22(13-11-16)15-17-4-2-1-3-5-17;/h1-9,16,20,23H,10-15H2;1H. The molecule has 130 valence electrons. The second-order valence-corrected chi connectivity index (χ2v) is 6.51. The van der Waals surface area contributed by atoms with Crippen molar-refractivity contribution in [2.45, 2.75) is 31.9 Å². The Morgan fingerprint density at radius 2 is 1.62 bits per heavy atom. The van der Waals surface area contributed by atoms with Crippen LogP contribution in [-0.4, -0.2) is 23.1 Å². The van der Waals surface area contributed by atoms with Gasteiger partial charge in [0.05, 0.1) is 6.10 Å². The van der Waals surface area contributed by atoms with Crippen molar-refractivity contribution in [1.29, 1.82) is 0 Å². The summed E-state index contributed by atoms with van der Waals surface area (Å²) >= 11 is 0. The van der Waals surface area contributed by atoms with Crippen LogP contribution in [0.3, 0.4) is 0 Å². The molecule has 4 heteroatoms. The lowest BCUT2D eigenvalue weighted by molar-refractivity contribution is 0.106. The van der Waals surface area contributed by atoms with Crippen molar-refractivity contribution in [3.8, 4) is 0 Å². The third kappa shape index (κ3) is 5.30. The number of hydrogen-bond acceptors (Lipinski definition) is 2. The second kappa shape index (κ2) is 9.16. The number of aliphatic hydroxyl groups is 1. The van der Waals surface area contributed by atoms with Gasteiger partial charge in [-0.3, -0.25) is 4.90 Å². The lowest BCUT2D eigenvalue weighted by Crippen LogP contribution is -2.33. The SMILES string of the molecule is Cl.OC(CC1CCN(Cc2ccccc2)CC1)c1ccc(F)cc1. The van der Waals surface area contributed by atoms with E-state index in [1.165, 1.54) is 17.7 Å². The first-order chi connectivity index (χ1) is 11.2. The van der Waals surface area contributed by atoms with Gasteiger partial charge in [-0.2, -0.15) is 0 Å². The van der Waals surface area contributed by atoms with E-state index in [-0.39, 0.29) is 18.2 Å². The quantitative estimate of drug-likeness (QED) is 0.853. The summed E-state index contributed by atoms with van der Waals surface area (Å²) in [6.07, 6.45) is 2.52. The molecule has 1 unspecified atom stereocenters. The zero-order chi connectivity index (χ0) is 16.1. The molecule has 0 spiro atoms. The molecule has 1 N–H and O–H groups in total. The number of piperidine rings is 1. The average Bonchev–Trinajstić information content (AvgIpc) is 2.58. The number of rotatable bonds is 5. The van der Waals surface area contributed by atoms with Crippen molar-refractivity contribution in [2.24, 2.45) is 5.92 Å². The van der Waals surface area contributed by atoms with Crippen molar-refractivity contribution >= 4 is 12.4 Å². The number of nitrogens with zero attached hydrogens (tertiary/aromatic N) is 1. The van der Waals surface area contributed by atoms with E-state index >= 15 is 0 Å². The molecule has 0 aliphatic carbocycles. The molecule has 0 bridgehead atoms. The van der Waals surface area contributed by atoms with Gasteiger partial charge in [0.25, 0.3) is 0 Å². The monoisotopic (exact) mass is 349 g/mol. The van der Waals surface area contributed by atoms with Crippen LogP contribution in [0.5, 0.6) is 0 Å². The number of aliphatic hydroxyl groups excluding tert-OH is 1. The van der Waals surface area contributed by atoms with Crippen LogP contribution in [0.15, 0.2) is 54.6 Å². The van der Waals surface area contributed by atoms with Crippen molar-refractivity contribution < 1.29 is 9.50 Å². The van der Waals surface area contributed by atoms with Crippen molar-refractivity contribution in [1.82, 2.24) is 4.90 Å². The highest BCUT2D eigenvalue weighted by molar-refractivity contribution is 5.85. The van der Waals surface area contributed by atoms with Crippen molar-refractivity contribution in [3.63, 3.8) is 0 Å². The van der Waals surface area contributed by atoms with Crippen LogP contribution in [0, 0.1) is 11.7 Å². The summed E-state index contributed by atoms with van der Waals surface area (Å²) in [6, 6.07) is 16.8. The lowest BCUT2D eigenvalue weighted by atomic mass is 9.89. The molecular weight excluding hydrogens is 325 g/mol. The maximum atomic E-state index is 12.9. The fourth-order valence-electron chi connectivity index (χ4n) is 3.36. The zero-order valence-corrected chi connectivity index (χ0v) is 14.6. The zero-order valence-electron chi connectivity index (χ0n) is 13.8. The van der Waals surface area contributed by atoms with Gasteiger partial charge in [0.2, 0.25) is 0 Å². The molecule has 3 rings (SSSR count). The summed E-state index contributed by atoms with van der Waals surface area (Å²) in [4.78, 5) is 2.48. The largest absolute Gasteiger partial charge is 0.388 e. The minimum Gasteiger partial charge on any atom is -0.388 e. The Morgan fingerprint density at radius 1 is 1.00 bits per heavy atom. The van der Waals surface area contributed by atoms with Crippen LogP contribution < -0.4 is 0 Å². The first-order valence-electron chi connectivity index (χ1n) is 8.40. The lowest BCUT2D eigenvalue weighted by Gasteiger charge is -2.33. The van der Waals surface area contributed by atoms with Gasteiger partial charge in [-0.25, -0.2) is 4.39 Å². The highest BCUT2D eigenvalue weighted by atomic mass is 35.5. The third-order valence-electron chi connectivity index (χ3n) is 4.77. The molecule has 1 atom stereocenters. The van der Waals surface area contributed by atoms with Gasteiger partial charge in [-0.05, 0) is 61.5 Å². The van der Waals surface area contributed by atoms with Crippen molar-refractivity contribution in [2.75, 3.05) is 13.1 Å². The minimum absolute atomic E-state index is 0. The first kappa shape index (κ1) is 18.9. The molecule has 0 radical (unpaired) electrons. The van der Waals surface area contributed by atoms with Gasteiger partial charge in [0.15, 0.2) is 0 Å². The Morgan fingerprint density at radius 3 is 2.25 bits per heavy atom. The topological polar surface area (TPSA) is 23.5 Å². The molecule has 1 aliphatic heterocycles. The summed E-state index contributed by atoms with van der Waals surface area (Å²) in [6.45, 7) is 3.17. The first-order valence-corrected chi connectivity index (χ1v) is 8.40. The molecule has 2 aromatic rings. The molecule has 1 saturated heterocycles. The van der Waals surface area contributed by atoms with E-state index < -0.39 is 6.10 Å². The molecule has 0 saturated carbocycles. The Hall–Kier alpha value is -1.42. The molecule has 1 fully saturated rings. The number of likely N-dealkylation sites (tertiary alicyclic amines) is 1. The van der Waals surface area contributed by atoms with E-state index in [1.807, 2.05) is 6.07 Å². The van der Waals surface area contributed by atoms with E-state index in [4.69, 9.17) is 0 Å². The van der Waals surface area contributed by atoms with E-state index in [0.29, 0.717) is 5.92 Å². The van der Waals surface area contributed by atoms with Crippen LogP contribution in [0.1, 0.15) is 36.5 Å². The highest BCUT2D eigenvalue weighted by Crippen LogP contribution is 2.28. The predicted molar refractivity (Wildman–Crippen MR) is 97.7 cm³/mol. The van der Waals surface area contributed by atoms with Crippen LogP contribution in [0.4, 0.5) is 4.39 Å². The Bertz CT molecular complexity index is 597. The molecule has 2 nitrogen and oxygen atoms in total. The number of benzene rings is 2. The van der Waals surface area contributed by atoms with E-state index in [9.17, 15) is 9.50 Å². The molecule has 1 aliphatic rings. The van der Waals surface area contributed by atoms with E-state index in [0.717, 1.165) is 44.5 Å². The van der Waals surface area contributed by atoms with Crippen LogP contribution in [-0.2, 0) is 6.54 Å². The van der Waals surface area contributed by atoms with Crippen molar-refractivity contribution in [3.05, 3.63) is 71.5 Å². The van der Waals surface area contributed by atoms with Crippen LogP contribution >= 0.6 is 12.4 Å². The number of halogens is 2. The Kier molecular flexibility index (Phi) is 7.22. The average molecular weight is 350 g/mol. The molecule has 24 heavy (non-hydrogen) atoms. The molecular formula is C20H25ClFNO. The normalized spacial score (nSPS) is 17.2. The molecule has 2 aromatic carbocycles. The fraction of sp³-hybridized carbons (Fsp3) is 0.400. The third-order valence-corrected chi connectivity index (χ3v) is 4.77. The fourth-order valence-corrected chi connectivity index (χ4v) is 3.36. The number of hydrogen-bond donors (Lipinski definition) is 1. The van der Waals surface area contributed by atoms with Gasteiger partial charge in [-0.15, -0.1) is 12.4 Å². The van der Waals surface area contributed by atoms with E-state index in [1.54, 1.807) is 12.1 Å².